The summed E-state index contributed by atoms with van der Waals surface area (Å²) in [5.41, 5.74) is 6.95. The molecule has 0 radical (unpaired) electrons. The summed E-state index contributed by atoms with van der Waals surface area (Å²) in [5, 5.41) is 8.31. The molecular weight excluding hydrogens is 126 g/mol. The molecule has 1 heterocycles. The van der Waals surface area contributed by atoms with Crippen LogP contribution in [0.4, 0.5) is 5.69 Å². The van der Waals surface area contributed by atoms with Gasteiger partial charge in [-0.15, -0.1) is 0 Å². The Morgan fingerprint density at radius 1 is 1.70 bits per heavy atom. The SMILES string of the molecule is N#CCc1cnccc1N. The number of nitriles is 1. The van der Waals surface area contributed by atoms with Gasteiger partial charge in [0.05, 0.1) is 12.5 Å². The fourth-order valence-electron chi connectivity index (χ4n) is 0.671. The zero-order chi connectivity index (χ0) is 7.40. The first-order valence-corrected chi connectivity index (χ1v) is 2.90. The van der Waals surface area contributed by atoms with Crippen LogP contribution in [0.1, 0.15) is 5.56 Å². The molecule has 10 heavy (non-hydrogen) atoms. The van der Waals surface area contributed by atoms with Crippen LogP contribution < -0.4 is 5.73 Å². The minimum absolute atomic E-state index is 0.333. The Kier molecular flexibility index (Phi) is 1.86. The van der Waals surface area contributed by atoms with Crippen molar-refractivity contribution in [3.63, 3.8) is 0 Å². The van der Waals surface area contributed by atoms with Gasteiger partial charge in [0.15, 0.2) is 0 Å². The van der Waals surface area contributed by atoms with Gasteiger partial charge in [-0.05, 0) is 6.07 Å². The lowest BCUT2D eigenvalue weighted by Gasteiger charge is -1.96. The van der Waals surface area contributed by atoms with Crippen molar-refractivity contribution in [3.05, 3.63) is 24.0 Å². The molecule has 0 aliphatic carbocycles. The molecule has 0 aliphatic rings. The maximum atomic E-state index is 8.31. The first-order valence-electron chi connectivity index (χ1n) is 2.90. The summed E-state index contributed by atoms with van der Waals surface area (Å²) in [6, 6.07) is 3.69. The Bertz CT molecular complexity index is 262. The lowest BCUT2D eigenvalue weighted by Crippen LogP contribution is -1.93. The third kappa shape index (κ3) is 1.23. The topological polar surface area (TPSA) is 62.7 Å². The van der Waals surface area contributed by atoms with Gasteiger partial charge in [-0.1, -0.05) is 0 Å². The van der Waals surface area contributed by atoms with Crippen molar-refractivity contribution in [2.45, 2.75) is 6.42 Å². The molecule has 0 saturated carbocycles. The second-order valence-corrected chi connectivity index (χ2v) is 1.91. The van der Waals surface area contributed by atoms with Crippen LogP contribution >= 0.6 is 0 Å². The second kappa shape index (κ2) is 2.83. The van der Waals surface area contributed by atoms with Crippen LogP contribution in [0.15, 0.2) is 18.5 Å². The normalized spacial score (nSPS) is 8.70. The highest BCUT2D eigenvalue weighted by atomic mass is 14.7. The van der Waals surface area contributed by atoms with Gasteiger partial charge in [0, 0.05) is 23.6 Å². The standard InChI is InChI=1S/C7H7N3/c8-3-1-6-5-10-4-2-7(6)9/h2,4-5H,1H2,(H2,9,10). The number of nitrogens with zero attached hydrogens (tertiary/aromatic N) is 2. The number of nitrogen functional groups attached to an aromatic ring is 1. The average molecular weight is 133 g/mol. The van der Waals surface area contributed by atoms with Crippen molar-refractivity contribution >= 4 is 5.69 Å². The molecule has 1 aromatic heterocycles. The molecule has 1 aromatic rings. The molecule has 1 rings (SSSR count). The molecule has 0 fully saturated rings. The monoisotopic (exact) mass is 133 g/mol. The van der Waals surface area contributed by atoms with Crippen molar-refractivity contribution in [3.8, 4) is 6.07 Å². The van der Waals surface area contributed by atoms with Crippen LogP contribution in [-0.2, 0) is 6.42 Å². The Morgan fingerprint density at radius 2 is 2.50 bits per heavy atom. The van der Waals surface area contributed by atoms with E-state index in [1.807, 2.05) is 6.07 Å². The summed E-state index contributed by atoms with van der Waals surface area (Å²) < 4.78 is 0. The molecule has 0 saturated heterocycles. The van der Waals surface area contributed by atoms with Gasteiger partial charge in [0.25, 0.3) is 0 Å². The average Bonchev–Trinajstić information content (AvgIpc) is 1.94. The van der Waals surface area contributed by atoms with E-state index >= 15 is 0 Å². The number of hydrogen-bond acceptors (Lipinski definition) is 3. The number of rotatable bonds is 1. The minimum Gasteiger partial charge on any atom is -0.398 e. The van der Waals surface area contributed by atoms with E-state index in [1.165, 1.54) is 0 Å². The summed E-state index contributed by atoms with van der Waals surface area (Å²) in [6.45, 7) is 0. The van der Waals surface area contributed by atoms with E-state index in [4.69, 9.17) is 11.0 Å². The van der Waals surface area contributed by atoms with Gasteiger partial charge in [-0.2, -0.15) is 5.26 Å². The summed E-state index contributed by atoms with van der Waals surface area (Å²) in [7, 11) is 0. The molecule has 3 heteroatoms. The van der Waals surface area contributed by atoms with E-state index < -0.39 is 0 Å². The highest BCUT2D eigenvalue weighted by Gasteiger charge is 1.94. The molecular formula is C7H7N3. The Balaban J connectivity index is 2.94. The lowest BCUT2D eigenvalue weighted by molar-refractivity contribution is 1.20. The van der Waals surface area contributed by atoms with E-state index in [0.29, 0.717) is 12.1 Å². The van der Waals surface area contributed by atoms with Gasteiger partial charge < -0.3 is 5.73 Å². The summed E-state index contributed by atoms with van der Waals surface area (Å²) in [6.07, 6.45) is 3.55. The zero-order valence-corrected chi connectivity index (χ0v) is 5.41. The van der Waals surface area contributed by atoms with Gasteiger partial charge in [-0.25, -0.2) is 0 Å². The fraction of sp³-hybridized carbons (Fsp3) is 0.143. The van der Waals surface area contributed by atoms with Crippen LogP contribution in [0.2, 0.25) is 0 Å². The third-order valence-electron chi connectivity index (χ3n) is 1.21. The number of aromatic nitrogens is 1. The third-order valence-corrected chi connectivity index (χ3v) is 1.21. The number of pyridine rings is 1. The first kappa shape index (κ1) is 6.56. The van der Waals surface area contributed by atoms with Gasteiger partial charge >= 0.3 is 0 Å². The molecule has 0 aromatic carbocycles. The second-order valence-electron chi connectivity index (χ2n) is 1.91. The highest BCUT2D eigenvalue weighted by Crippen LogP contribution is 2.07. The first-order chi connectivity index (χ1) is 4.84. The number of hydrogen-bond donors (Lipinski definition) is 1. The maximum absolute atomic E-state index is 8.31. The Morgan fingerprint density at radius 3 is 3.10 bits per heavy atom. The Labute approximate surface area is 59.1 Å². The van der Waals surface area contributed by atoms with Crippen molar-refractivity contribution in [2.75, 3.05) is 5.73 Å². The number of anilines is 1. The quantitative estimate of drug-likeness (QED) is 0.614. The zero-order valence-electron chi connectivity index (χ0n) is 5.41. The molecule has 0 spiro atoms. The van der Waals surface area contributed by atoms with Crippen LogP contribution in [-0.4, -0.2) is 4.98 Å². The van der Waals surface area contributed by atoms with Crippen LogP contribution in [0.25, 0.3) is 0 Å². The molecule has 3 nitrogen and oxygen atoms in total. The fourth-order valence-corrected chi connectivity index (χ4v) is 0.671. The van der Waals surface area contributed by atoms with Gasteiger partial charge in [0.2, 0.25) is 0 Å². The summed E-state index contributed by atoms with van der Waals surface area (Å²) in [4.78, 5) is 3.83. The predicted octanol–water partition coefficient (Wildman–Crippen LogP) is 0.730. The van der Waals surface area contributed by atoms with E-state index in [-0.39, 0.29) is 0 Å². The molecule has 50 valence electrons. The largest absolute Gasteiger partial charge is 0.398 e. The van der Waals surface area contributed by atoms with E-state index in [0.717, 1.165) is 5.56 Å². The van der Waals surface area contributed by atoms with Crippen LogP contribution in [0.5, 0.6) is 0 Å². The molecule has 0 amide bonds. The van der Waals surface area contributed by atoms with Gasteiger partial charge in [0.1, 0.15) is 0 Å². The van der Waals surface area contributed by atoms with E-state index in [2.05, 4.69) is 4.98 Å². The summed E-state index contributed by atoms with van der Waals surface area (Å²) in [5.74, 6) is 0. The Hall–Kier alpha value is -1.56. The van der Waals surface area contributed by atoms with Crippen molar-refractivity contribution in [2.24, 2.45) is 0 Å². The van der Waals surface area contributed by atoms with Gasteiger partial charge in [-0.3, -0.25) is 4.98 Å². The molecule has 0 aliphatic heterocycles. The number of nitrogens with two attached hydrogens (primary N) is 1. The highest BCUT2D eigenvalue weighted by molar-refractivity contribution is 5.45. The van der Waals surface area contributed by atoms with Crippen LogP contribution in [0.3, 0.4) is 0 Å². The lowest BCUT2D eigenvalue weighted by atomic mass is 10.2. The van der Waals surface area contributed by atoms with E-state index in [9.17, 15) is 0 Å². The molecule has 0 bridgehead atoms. The van der Waals surface area contributed by atoms with Crippen LogP contribution in [0, 0.1) is 11.3 Å². The smallest absolute Gasteiger partial charge is 0.0671 e. The summed E-state index contributed by atoms with van der Waals surface area (Å²) >= 11 is 0. The van der Waals surface area contributed by atoms with Crippen molar-refractivity contribution in [1.82, 2.24) is 4.98 Å². The minimum atomic E-state index is 0.333. The molecule has 2 N–H and O–H groups in total. The maximum Gasteiger partial charge on any atom is 0.0671 e. The molecule has 0 atom stereocenters. The van der Waals surface area contributed by atoms with Crippen molar-refractivity contribution < 1.29 is 0 Å². The molecule has 0 unspecified atom stereocenters. The predicted molar refractivity (Wildman–Crippen MR) is 38.0 cm³/mol. The van der Waals surface area contributed by atoms with Crippen molar-refractivity contribution in [1.29, 1.82) is 5.26 Å². The van der Waals surface area contributed by atoms with E-state index in [1.54, 1.807) is 18.5 Å².